The SMILES string of the molecule is CCCNC1CCCCC1c1nc(Cc2cccs2)no1. The van der Waals surface area contributed by atoms with Crippen molar-refractivity contribution in [2.24, 2.45) is 0 Å². The third-order valence-corrected chi connectivity index (χ3v) is 5.01. The topological polar surface area (TPSA) is 51.0 Å². The molecule has 0 aromatic carbocycles. The van der Waals surface area contributed by atoms with E-state index >= 15 is 0 Å². The number of thiophene rings is 1. The van der Waals surface area contributed by atoms with Gasteiger partial charge in [0.1, 0.15) is 0 Å². The first-order valence-electron chi connectivity index (χ1n) is 7.95. The van der Waals surface area contributed by atoms with Crippen molar-refractivity contribution in [2.45, 2.75) is 57.4 Å². The lowest BCUT2D eigenvalue weighted by Crippen LogP contribution is -2.37. The Bertz CT molecular complexity index is 537. The lowest BCUT2D eigenvalue weighted by molar-refractivity contribution is 0.262. The highest BCUT2D eigenvalue weighted by atomic mass is 32.1. The second kappa shape index (κ2) is 7.18. The van der Waals surface area contributed by atoms with Crippen LogP contribution >= 0.6 is 11.3 Å². The van der Waals surface area contributed by atoms with Gasteiger partial charge in [-0.2, -0.15) is 4.98 Å². The van der Waals surface area contributed by atoms with E-state index in [-0.39, 0.29) is 0 Å². The summed E-state index contributed by atoms with van der Waals surface area (Å²) in [7, 11) is 0. The second-order valence-corrected chi connectivity index (χ2v) is 6.79. The molecular weight excluding hydrogens is 282 g/mol. The Morgan fingerprint density at radius 3 is 3.10 bits per heavy atom. The Labute approximate surface area is 130 Å². The van der Waals surface area contributed by atoms with E-state index in [0.717, 1.165) is 37.5 Å². The van der Waals surface area contributed by atoms with Crippen molar-refractivity contribution in [3.8, 4) is 0 Å². The summed E-state index contributed by atoms with van der Waals surface area (Å²) < 4.78 is 5.57. The van der Waals surface area contributed by atoms with Crippen molar-refractivity contribution < 1.29 is 4.52 Å². The summed E-state index contributed by atoms with van der Waals surface area (Å²) >= 11 is 1.74. The van der Waals surface area contributed by atoms with Gasteiger partial charge in [-0.05, 0) is 37.3 Å². The Balaban J connectivity index is 1.68. The fourth-order valence-corrected chi connectivity index (χ4v) is 3.76. The van der Waals surface area contributed by atoms with Crippen molar-refractivity contribution in [1.29, 1.82) is 0 Å². The van der Waals surface area contributed by atoms with Gasteiger partial charge in [0.15, 0.2) is 5.82 Å². The van der Waals surface area contributed by atoms with Gasteiger partial charge >= 0.3 is 0 Å². The Hall–Kier alpha value is -1.20. The minimum atomic E-state index is 0.384. The summed E-state index contributed by atoms with van der Waals surface area (Å²) in [6.45, 7) is 3.27. The standard InChI is InChI=1S/C16H23N3OS/c1-2-9-17-14-8-4-3-7-13(14)16-18-15(19-20-16)11-12-6-5-10-21-12/h5-6,10,13-14,17H,2-4,7-9,11H2,1H3. The van der Waals surface area contributed by atoms with Crippen LogP contribution in [0.25, 0.3) is 0 Å². The lowest BCUT2D eigenvalue weighted by Gasteiger charge is -2.29. The van der Waals surface area contributed by atoms with Gasteiger partial charge in [-0.3, -0.25) is 0 Å². The van der Waals surface area contributed by atoms with Gasteiger partial charge in [0.05, 0.1) is 5.92 Å². The van der Waals surface area contributed by atoms with E-state index in [4.69, 9.17) is 4.52 Å². The van der Waals surface area contributed by atoms with Crippen LogP contribution in [0.5, 0.6) is 0 Å². The molecule has 2 heterocycles. The van der Waals surface area contributed by atoms with Gasteiger partial charge in [0.25, 0.3) is 0 Å². The van der Waals surface area contributed by atoms with Crippen LogP contribution in [0.4, 0.5) is 0 Å². The largest absolute Gasteiger partial charge is 0.339 e. The van der Waals surface area contributed by atoms with Gasteiger partial charge in [-0.15, -0.1) is 11.3 Å². The molecule has 3 rings (SSSR count). The summed E-state index contributed by atoms with van der Waals surface area (Å²) in [6.07, 6.45) is 6.87. The molecule has 5 heteroatoms. The molecule has 2 aromatic heterocycles. The molecule has 2 atom stereocenters. The van der Waals surface area contributed by atoms with Crippen molar-refractivity contribution in [3.05, 3.63) is 34.1 Å². The maximum absolute atomic E-state index is 5.57. The number of hydrogen-bond acceptors (Lipinski definition) is 5. The average molecular weight is 305 g/mol. The third-order valence-electron chi connectivity index (χ3n) is 4.14. The van der Waals surface area contributed by atoms with Gasteiger partial charge in [-0.25, -0.2) is 0 Å². The van der Waals surface area contributed by atoms with E-state index in [1.54, 1.807) is 11.3 Å². The van der Waals surface area contributed by atoms with Crippen LogP contribution in [-0.2, 0) is 6.42 Å². The van der Waals surface area contributed by atoms with Crippen molar-refractivity contribution in [2.75, 3.05) is 6.54 Å². The lowest BCUT2D eigenvalue weighted by atomic mass is 9.84. The van der Waals surface area contributed by atoms with Gasteiger partial charge in [0.2, 0.25) is 5.89 Å². The molecule has 4 nitrogen and oxygen atoms in total. The predicted octanol–water partition coefficient (Wildman–Crippen LogP) is 3.75. The number of rotatable bonds is 6. The molecule has 0 radical (unpaired) electrons. The number of nitrogens with zero attached hydrogens (tertiary/aromatic N) is 2. The summed E-state index contributed by atoms with van der Waals surface area (Å²) in [6, 6.07) is 4.67. The molecule has 0 saturated heterocycles. The van der Waals surface area contributed by atoms with Crippen LogP contribution in [0.2, 0.25) is 0 Å². The molecular formula is C16H23N3OS. The molecule has 1 aliphatic carbocycles. The predicted molar refractivity (Wildman–Crippen MR) is 84.7 cm³/mol. The van der Waals surface area contributed by atoms with Crippen LogP contribution in [0.1, 0.15) is 61.5 Å². The quantitative estimate of drug-likeness (QED) is 0.883. The summed E-state index contributed by atoms with van der Waals surface area (Å²) in [4.78, 5) is 5.94. The molecule has 0 aliphatic heterocycles. The molecule has 1 saturated carbocycles. The van der Waals surface area contributed by atoms with Crippen LogP contribution in [0, 0.1) is 0 Å². The van der Waals surface area contributed by atoms with E-state index in [1.165, 1.54) is 24.1 Å². The highest BCUT2D eigenvalue weighted by molar-refractivity contribution is 7.09. The minimum Gasteiger partial charge on any atom is -0.339 e. The molecule has 0 bridgehead atoms. The van der Waals surface area contributed by atoms with Gasteiger partial charge < -0.3 is 9.84 Å². The van der Waals surface area contributed by atoms with Gasteiger partial charge in [0, 0.05) is 17.3 Å². The molecule has 114 valence electrons. The zero-order valence-electron chi connectivity index (χ0n) is 12.5. The second-order valence-electron chi connectivity index (χ2n) is 5.76. The van der Waals surface area contributed by atoms with E-state index in [1.807, 2.05) is 0 Å². The minimum absolute atomic E-state index is 0.384. The molecule has 0 spiro atoms. The van der Waals surface area contributed by atoms with E-state index in [9.17, 15) is 0 Å². The van der Waals surface area contributed by atoms with Crippen molar-refractivity contribution in [1.82, 2.24) is 15.5 Å². The number of nitrogens with one attached hydrogen (secondary N) is 1. The molecule has 2 aromatic rings. The zero-order valence-corrected chi connectivity index (χ0v) is 13.4. The van der Waals surface area contributed by atoms with Crippen LogP contribution in [0.3, 0.4) is 0 Å². The Morgan fingerprint density at radius 2 is 2.29 bits per heavy atom. The summed E-state index contributed by atoms with van der Waals surface area (Å²) in [5.41, 5.74) is 0. The first-order valence-corrected chi connectivity index (χ1v) is 8.83. The summed E-state index contributed by atoms with van der Waals surface area (Å²) in [5.74, 6) is 2.03. The normalized spacial score (nSPS) is 22.5. The fraction of sp³-hybridized carbons (Fsp3) is 0.625. The van der Waals surface area contributed by atoms with Crippen LogP contribution in [-0.4, -0.2) is 22.7 Å². The van der Waals surface area contributed by atoms with E-state index in [0.29, 0.717) is 12.0 Å². The maximum atomic E-state index is 5.57. The Kier molecular flexibility index (Phi) is 5.04. The molecule has 21 heavy (non-hydrogen) atoms. The smallest absolute Gasteiger partial charge is 0.231 e. The highest BCUT2D eigenvalue weighted by Gasteiger charge is 2.30. The maximum Gasteiger partial charge on any atom is 0.231 e. The highest BCUT2D eigenvalue weighted by Crippen LogP contribution is 2.32. The Morgan fingerprint density at radius 1 is 1.38 bits per heavy atom. The van der Waals surface area contributed by atoms with Crippen molar-refractivity contribution >= 4 is 11.3 Å². The van der Waals surface area contributed by atoms with E-state index < -0.39 is 0 Å². The van der Waals surface area contributed by atoms with Gasteiger partial charge in [-0.1, -0.05) is 31.0 Å². The monoisotopic (exact) mass is 305 g/mol. The molecule has 1 N–H and O–H groups in total. The van der Waals surface area contributed by atoms with Crippen LogP contribution in [0.15, 0.2) is 22.0 Å². The summed E-state index contributed by atoms with van der Waals surface area (Å²) in [5, 5.41) is 9.91. The average Bonchev–Trinajstić information content (AvgIpc) is 3.18. The molecule has 1 aliphatic rings. The number of hydrogen-bond donors (Lipinski definition) is 1. The molecule has 0 amide bonds. The first-order chi connectivity index (χ1) is 10.4. The van der Waals surface area contributed by atoms with Crippen LogP contribution < -0.4 is 5.32 Å². The molecule has 2 unspecified atom stereocenters. The third kappa shape index (κ3) is 3.71. The number of aromatic nitrogens is 2. The zero-order chi connectivity index (χ0) is 14.5. The first kappa shape index (κ1) is 14.7. The molecule has 1 fully saturated rings. The fourth-order valence-electron chi connectivity index (χ4n) is 3.06. The van der Waals surface area contributed by atoms with E-state index in [2.05, 4.69) is 39.9 Å². The van der Waals surface area contributed by atoms with Crippen molar-refractivity contribution in [3.63, 3.8) is 0 Å².